The van der Waals surface area contributed by atoms with Crippen LogP contribution in [0.1, 0.15) is 19.8 Å². The van der Waals surface area contributed by atoms with Crippen molar-refractivity contribution < 1.29 is 4.79 Å². The standard InChI is InChI=1S/C21H34ClN5O/c1-2-24-10-12-25(13-11-24)9-4-3-8-23-21(28)27-16-14-26(15-17-27)20-7-5-6-19(22)18-20/h5-7,18H,2-4,8-17H2,1H3,(H,23,28). The second-order valence-corrected chi connectivity index (χ2v) is 8.11. The number of rotatable bonds is 7. The van der Waals surface area contributed by atoms with Crippen molar-refractivity contribution in [2.75, 3.05) is 76.9 Å². The van der Waals surface area contributed by atoms with Gasteiger partial charge in [-0.3, -0.25) is 0 Å². The fourth-order valence-electron chi connectivity index (χ4n) is 3.94. The summed E-state index contributed by atoms with van der Waals surface area (Å²) in [6.07, 6.45) is 2.19. The van der Waals surface area contributed by atoms with Crippen molar-refractivity contribution in [2.24, 2.45) is 0 Å². The molecule has 2 amide bonds. The van der Waals surface area contributed by atoms with Crippen molar-refractivity contribution >= 4 is 23.3 Å². The molecule has 1 aromatic rings. The summed E-state index contributed by atoms with van der Waals surface area (Å²) in [6.45, 7) is 13.2. The molecule has 3 rings (SSSR count). The quantitative estimate of drug-likeness (QED) is 0.705. The maximum absolute atomic E-state index is 12.4. The van der Waals surface area contributed by atoms with Gasteiger partial charge in [-0.05, 0) is 44.1 Å². The van der Waals surface area contributed by atoms with Crippen LogP contribution in [0.2, 0.25) is 5.02 Å². The van der Waals surface area contributed by atoms with Crippen LogP contribution in [-0.2, 0) is 0 Å². The average Bonchev–Trinajstić information content (AvgIpc) is 2.74. The number of piperazine rings is 2. The topological polar surface area (TPSA) is 42.1 Å². The highest BCUT2D eigenvalue weighted by atomic mass is 35.5. The van der Waals surface area contributed by atoms with E-state index in [1.165, 1.54) is 26.2 Å². The van der Waals surface area contributed by atoms with Crippen molar-refractivity contribution in [3.8, 4) is 0 Å². The third-order valence-electron chi connectivity index (χ3n) is 5.83. The summed E-state index contributed by atoms with van der Waals surface area (Å²) in [5.41, 5.74) is 1.13. The van der Waals surface area contributed by atoms with Crippen molar-refractivity contribution in [1.82, 2.24) is 20.0 Å². The van der Waals surface area contributed by atoms with Crippen LogP contribution in [0.4, 0.5) is 10.5 Å². The number of hydrogen-bond donors (Lipinski definition) is 1. The fraction of sp³-hybridized carbons (Fsp3) is 0.667. The maximum atomic E-state index is 12.4. The van der Waals surface area contributed by atoms with Crippen LogP contribution < -0.4 is 10.2 Å². The van der Waals surface area contributed by atoms with E-state index in [0.717, 1.165) is 69.4 Å². The van der Waals surface area contributed by atoms with Crippen LogP contribution in [0, 0.1) is 0 Å². The summed E-state index contributed by atoms with van der Waals surface area (Å²) in [4.78, 5) is 21.6. The van der Waals surface area contributed by atoms with E-state index in [4.69, 9.17) is 11.6 Å². The number of carbonyl (C=O) groups excluding carboxylic acids is 1. The molecule has 156 valence electrons. The molecule has 7 heteroatoms. The van der Waals surface area contributed by atoms with Gasteiger partial charge in [0.2, 0.25) is 0 Å². The number of amides is 2. The Hall–Kier alpha value is -1.50. The molecule has 2 fully saturated rings. The lowest BCUT2D eigenvalue weighted by Gasteiger charge is -2.36. The highest BCUT2D eigenvalue weighted by molar-refractivity contribution is 6.30. The molecular weight excluding hydrogens is 374 g/mol. The minimum Gasteiger partial charge on any atom is -0.368 e. The Morgan fingerprint density at radius 3 is 2.39 bits per heavy atom. The first-order chi connectivity index (χ1) is 13.7. The molecule has 0 spiro atoms. The lowest BCUT2D eigenvalue weighted by molar-refractivity contribution is 0.135. The molecule has 2 saturated heterocycles. The second-order valence-electron chi connectivity index (χ2n) is 7.67. The highest BCUT2D eigenvalue weighted by Crippen LogP contribution is 2.20. The molecule has 1 N–H and O–H groups in total. The molecule has 0 unspecified atom stereocenters. The van der Waals surface area contributed by atoms with Gasteiger partial charge in [0.05, 0.1) is 0 Å². The monoisotopic (exact) mass is 407 g/mol. The number of hydrogen-bond acceptors (Lipinski definition) is 4. The lowest BCUT2D eigenvalue weighted by Crippen LogP contribution is -2.52. The average molecular weight is 408 g/mol. The molecule has 2 aliphatic heterocycles. The van der Waals surface area contributed by atoms with E-state index in [1.807, 2.05) is 23.1 Å². The molecule has 0 radical (unpaired) electrons. The Morgan fingerprint density at radius 2 is 1.71 bits per heavy atom. The van der Waals surface area contributed by atoms with E-state index < -0.39 is 0 Å². The Morgan fingerprint density at radius 1 is 1.00 bits per heavy atom. The first-order valence-corrected chi connectivity index (χ1v) is 11.0. The van der Waals surface area contributed by atoms with E-state index in [1.54, 1.807) is 0 Å². The predicted octanol–water partition coefficient (Wildman–Crippen LogP) is 2.59. The molecule has 0 saturated carbocycles. The van der Waals surface area contributed by atoms with Crippen LogP contribution in [0.3, 0.4) is 0 Å². The molecule has 0 atom stereocenters. The van der Waals surface area contributed by atoms with Gasteiger partial charge in [0, 0.05) is 69.6 Å². The summed E-state index contributed by atoms with van der Waals surface area (Å²) < 4.78 is 0. The van der Waals surface area contributed by atoms with Gasteiger partial charge in [-0.2, -0.15) is 0 Å². The van der Waals surface area contributed by atoms with E-state index in [2.05, 4.69) is 33.0 Å². The SMILES string of the molecule is CCN1CCN(CCCCNC(=O)N2CCN(c3cccc(Cl)c3)CC2)CC1. The Balaban J connectivity index is 1.27. The Labute approximate surface area is 174 Å². The molecule has 2 heterocycles. The van der Waals surface area contributed by atoms with Crippen LogP contribution in [-0.4, -0.2) is 92.7 Å². The molecular formula is C21H34ClN5O. The number of likely N-dealkylation sites (N-methyl/N-ethyl adjacent to an activating group) is 1. The van der Waals surface area contributed by atoms with Crippen molar-refractivity contribution in [1.29, 1.82) is 0 Å². The van der Waals surface area contributed by atoms with Crippen molar-refractivity contribution in [3.63, 3.8) is 0 Å². The van der Waals surface area contributed by atoms with Gasteiger partial charge in [0.25, 0.3) is 0 Å². The first kappa shape index (κ1) is 21.2. The van der Waals surface area contributed by atoms with E-state index in [0.29, 0.717) is 0 Å². The van der Waals surface area contributed by atoms with E-state index in [9.17, 15) is 4.79 Å². The summed E-state index contributed by atoms with van der Waals surface area (Å²) in [5.74, 6) is 0. The predicted molar refractivity (Wildman–Crippen MR) is 116 cm³/mol. The zero-order chi connectivity index (χ0) is 19.8. The summed E-state index contributed by atoms with van der Waals surface area (Å²) in [5, 5.41) is 3.85. The lowest BCUT2D eigenvalue weighted by atomic mass is 10.2. The molecule has 28 heavy (non-hydrogen) atoms. The van der Waals surface area contributed by atoms with Crippen molar-refractivity contribution in [3.05, 3.63) is 29.3 Å². The number of nitrogens with one attached hydrogen (secondary N) is 1. The summed E-state index contributed by atoms with van der Waals surface area (Å²) in [6, 6.07) is 7.99. The molecule has 0 aromatic heterocycles. The fourth-order valence-corrected chi connectivity index (χ4v) is 4.12. The second kappa shape index (κ2) is 10.9. The number of halogens is 1. The maximum Gasteiger partial charge on any atom is 0.317 e. The number of unbranched alkanes of at least 4 members (excludes halogenated alkanes) is 1. The van der Waals surface area contributed by atoms with Gasteiger partial charge in [0.15, 0.2) is 0 Å². The van der Waals surface area contributed by atoms with Gasteiger partial charge in [-0.25, -0.2) is 4.79 Å². The van der Waals surface area contributed by atoms with Crippen LogP contribution in [0.5, 0.6) is 0 Å². The number of carbonyl (C=O) groups is 1. The van der Waals surface area contributed by atoms with Gasteiger partial charge in [-0.1, -0.05) is 24.6 Å². The number of anilines is 1. The molecule has 1 aromatic carbocycles. The molecule has 2 aliphatic rings. The molecule has 0 bridgehead atoms. The summed E-state index contributed by atoms with van der Waals surface area (Å²) >= 11 is 6.08. The minimum atomic E-state index is 0.0716. The van der Waals surface area contributed by atoms with Crippen LogP contribution in [0.15, 0.2) is 24.3 Å². The number of urea groups is 1. The Kier molecular flexibility index (Phi) is 8.25. The third-order valence-corrected chi connectivity index (χ3v) is 6.06. The molecule has 0 aliphatic carbocycles. The van der Waals surface area contributed by atoms with Gasteiger partial charge in [-0.15, -0.1) is 0 Å². The minimum absolute atomic E-state index is 0.0716. The zero-order valence-corrected chi connectivity index (χ0v) is 17.8. The number of benzene rings is 1. The van der Waals surface area contributed by atoms with Gasteiger partial charge in [0.1, 0.15) is 0 Å². The smallest absolute Gasteiger partial charge is 0.317 e. The van der Waals surface area contributed by atoms with Crippen LogP contribution >= 0.6 is 11.6 Å². The van der Waals surface area contributed by atoms with E-state index >= 15 is 0 Å². The highest BCUT2D eigenvalue weighted by Gasteiger charge is 2.21. The zero-order valence-electron chi connectivity index (χ0n) is 17.1. The van der Waals surface area contributed by atoms with E-state index in [-0.39, 0.29) is 6.03 Å². The number of nitrogens with zero attached hydrogens (tertiary/aromatic N) is 4. The van der Waals surface area contributed by atoms with Crippen molar-refractivity contribution in [2.45, 2.75) is 19.8 Å². The first-order valence-electron chi connectivity index (χ1n) is 10.6. The third kappa shape index (κ3) is 6.26. The Bertz CT molecular complexity index is 613. The summed E-state index contributed by atoms with van der Waals surface area (Å²) in [7, 11) is 0. The largest absolute Gasteiger partial charge is 0.368 e. The van der Waals surface area contributed by atoms with Gasteiger partial charge < -0.3 is 24.9 Å². The molecule has 6 nitrogen and oxygen atoms in total. The normalized spacial score (nSPS) is 19.1. The van der Waals surface area contributed by atoms with Crippen LogP contribution in [0.25, 0.3) is 0 Å². The van der Waals surface area contributed by atoms with Gasteiger partial charge >= 0.3 is 6.03 Å².